The van der Waals surface area contributed by atoms with Crippen molar-refractivity contribution >= 4 is 29.7 Å². The number of imide groups is 1. The van der Waals surface area contributed by atoms with Crippen LogP contribution in [0.5, 0.6) is 0 Å². The molecular formula is C19H25N3O7. The summed E-state index contributed by atoms with van der Waals surface area (Å²) in [4.78, 5) is 64.5. The highest BCUT2D eigenvalue weighted by atomic mass is 16.5. The van der Waals surface area contributed by atoms with E-state index in [2.05, 4.69) is 10.3 Å². The van der Waals surface area contributed by atoms with Gasteiger partial charge in [-0.25, -0.2) is 9.59 Å². The second-order valence-corrected chi connectivity index (χ2v) is 7.29. The molecule has 29 heavy (non-hydrogen) atoms. The Bertz CT molecular complexity index is 885. The Morgan fingerprint density at radius 2 is 1.79 bits per heavy atom. The molecule has 0 aliphatic carbocycles. The van der Waals surface area contributed by atoms with E-state index in [1.54, 1.807) is 20.8 Å². The first-order chi connectivity index (χ1) is 13.4. The van der Waals surface area contributed by atoms with Crippen LogP contribution in [0.1, 0.15) is 59.8 Å². The molecule has 0 aromatic carbocycles. The monoisotopic (exact) mass is 407 g/mol. The van der Waals surface area contributed by atoms with Crippen LogP contribution in [0.2, 0.25) is 0 Å². The van der Waals surface area contributed by atoms with Gasteiger partial charge >= 0.3 is 18.0 Å². The molecule has 1 atom stereocenters. The number of carbonyl (C=O) groups excluding carboxylic acids is 5. The molecule has 3 amide bonds. The molecule has 10 nitrogen and oxygen atoms in total. The van der Waals surface area contributed by atoms with Crippen molar-refractivity contribution in [1.29, 1.82) is 0 Å². The lowest BCUT2D eigenvalue weighted by atomic mass is 10.1. The molecule has 158 valence electrons. The number of aromatic nitrogens is 1. The van der Waals surface area contributed by atoms with Crippen LogP contribution < -0.4 is 5.32 Å². The van der Waals surface area contributed by atoms with E-state index in [4.69, 9.17) is 9.47 Å². The Kier molecular flexibility index (Phi) is 6.15. The summed E-state index contributed by atoms with van der Waals surface area (Å²) >= 11 is 0. The van der Waals surface area contributed by atoms with Crippen LogP contribution >= 0.6 is 0 Å². The van der Waals surface area contributed by atoms with Crippen molar-refractivity contribution in [2.45, 2.75) is 53.2 Å². The molecule has 0 unspecified atom stereocenters. The Morgan fingerprint density at radius 3 is 2.31 bits per heavy atom. The number of H-pyrrole nitrogens is 1. The topological polar surface area (TPSA) is 135 Å². The fourth-order valence-corrected chi connectivity index (χ4v) is 3.09. The molecule has 2 N–H and O–H groups in total. The summed E-state index contributed by atoms with van der Waals surface area (Å²) in [6.45, 7) is 8.89. The van der Waals surface area contributed by atoms with Gasteiger partial charge in [0.15, 0.2) is 6.10 Å². The fraction of sp³-hybridized carbons (Fsp3) is 0.526. The standard InChI is InChI=1S/C19H25N3O7/c1-7-28-16(25)13-9(2)14(20-10(13)3)15(24)11(4)29-12(23)8-22-17(26)19(5,6)21-18(22)27/h11,20H,7-8H2,1-6H3,(H,21,27)/t11-/m1/s1. The summed E-state index contributed by atoms with van der Waals surface area (Å²) in [5.41, 5.74) is 0.132. The molecule has 1 aromatic heterocycles. The maximum atomic E-state index is 12.7. The third-order valence-corrected chi connectivity index (χ3v) is 4.57. The van der Waals surface area contributed by atoms with Gasteiger partial charge < -0.3 is 19.8 Å². The summed E-state index contributed by atoms with van der Waals surface area (Å²) in [6, 6.07) is -0.703. The van der Waals surface area contributed by atoms with Crippen LogP contribution in [0.3, 0.4) is 0 Å². The van der Waals surface area contributed by atoms with Gasteiger partial charge in [-0.3, -0.25) is 19.3 Å². The van der Waals surface area contributed by atoms with Crippen molar-refractivity contribution in [1.82, 2.24) is 15.2 Å². The van der Waals surface area contributed by atoms with E-state index in [0.29, 0.717) is 11.3 Å². The Balaban J connectivity index is 2.09. The van der Waals surface area contributed by atoms with Gasteiger partial charge in [0.05, 0.1) is 17.9 Å². The van der Waals surface area contributed by atoms with Crippen LogP contribution in [-0.4, -0.2) is 64.3 Å². The number of rotatable bonds is 7. The van der Waals surface area contributed by atoms with Gasteiger partial charge in [0, 0.05) is 5.69 Å². The quantitative estimate of drug-likeness (QED) is 0.394. The van der Waals surface area contributed by atoms with Gasteiger partial charge in [-0.05, 0) is 47.1 Å². The lowest BCUT2D eigenvalue weighted by Crippen LogP contribution is -2.41. The molecule has 1 aromatic rings. The van der Waals surface area contributed by atoms with Crippen LogP contribution in [0.15, 0.2) is 0 Å². The summed E-state index contributed by atoms with van der Waals surface area (Å²) in [5.74, 6) is -2.57. The predicted molar refractivity (Wildman–Crippen MR) is 100 cm³/mol. The van der Waals surface area contributed by atoms with Crippen LogP contribution in [0.4, 0.5) is 4.79 Å². The van der Waals surface area contributed by atoms with Crippen molar-refractivity contribution < 1.29 is 33.4 Å². The van der Waals surface area contributed by atoms with Crippen molar-refractivity contribution in [3.05, 3.63) is 22.5 Å². The van der Waals surface area contributed by atoms with Crippen molar-refractivity contribution in [3.8, 4) is 0 Å². The lowest BCUT2D eigenvalue weighted by Gasteiger charge is -2.17. The molecule has 1 fully saturated rings. The number of Topliss-reactive ketones (excluding diaryl/α,β-unsaturated/α-hetero) is 1. The number of esters is 2. The summed E-state index contributed by atoms with van der Waals surface area (Å²) in [7, 11) is 0. The Morgan fingerprint density at radius 1 is 1.17 bits per heavy atom. The van der Waals surface area contributed by atoms with Gasteiger partial charge in [-0.2, -0.15) is 0 Å². The van der Waals surface area contributed by atoms with Crippen LogP contribution in [0, 0.1) is 13.8 Å². The summed E-state index contributed by atoms with van der Waals surface area (Å²) < 4.78 is 10.1. The van der Waals surface area contributed by atoms with Gasteiger partial charge in [0.1, 0.15) is 12.1 Å². The predicted octanol–water partition coefficient (Wildman–Crippen LogP) is 1.25. The molecule has 0 bridgehead atoms. The molecule has 0 saturated carbocycles. The summed E-state index contributed by atoms with van der Waals surface area (Å²) in [5, 5.41) is 2.45. The molecule has 1 saturated heterocycles. The van der Waals surface area contributed by atoms with E-state index < -0.39 is 47.8 Å². The lowest BCUT2D eigenvalue weighted by molar-refractivity contribution is -0.149. The van der Waals surface area contributed by atoms with Crippen LogP contribution in [-0.2, 0) is 19.1 Å². The number of hydrogen-bond donors (Lipinski definition) is 2. The average Bonchev–Trinajstić information content (AvgIpc) is 3.01. The highest BCUT2D eigenvalue weighted by Gasteiger charge is 2.45. The normalized spacial score (nSPS) is 16.4. The number of ether oxygens (including phenoxy) is 2. The minimum Gasteiger partial charge on any atom is -0.462 e. The van der Waals surface area contributed by atoms with E-state index in [1.807, 2.05) is 0 Å². The highest BCUT2D eigenvalue weighted by molar-refractivity contribution is 6.08. The fourth-order valence-electron chi connectivity index (χ4n) is 3.09. The Hall–Kier alpha value is -3.17. The molecule has 0 spiro atoms. The van der Waals surface area contributed by atoms with Gasteiger partial charge in [0.2, 0.25) is 5.78 Å². The number of aryl methyl sites for hydroxylation is 1. The molecule has 2 heterocycles. The molecular weight excluding hydrogens is 382 g/mol. The third kappa shape index (κ3) is 4.30. The van der Waals surface area contributed by atoms with Gasteiger partial charge in [-0.15, -0.1) is 0 Å². The number of amides is 3. The van der Waals surface area contributed by atoms with Gasteiger partial charge in [0.25, 0.3) is 5.91 Å². The van der Waals surface area contributed by atoms with Crippen molar-refractivity contribution in [2.24, 2.45) is 0 Å². The summed E-state index contributed by atoms with van der Waals surface area (Å²) in [6.07, 6.45) is -1.19. The molecule has 10 heteroatoms. The van der Waals surface area contributed by atoms with E-state index in [1.165, 1.54) is 20.8 Å². The zero-order valence-electron chi connectivity index (χ0n) is 17.3. The maximum Gasteiger partial charge on any atom is 0.340 e. The minimum atomic E-state index is -1.19. The highest BCUT2D eigenvalue weighted by Crippen LogP contribution is 2.21. The van der Waals surface area contributed by atoms with E-state index in [0.717, 1.165) is 4.90 Å². The van der Waals surface area contributed by atoms with Gasteiger partial charge in [-0.1, -0.05) is 0 Å². The second kappa shape index (κ2) is 8.06. The zero-order valence-corrected chi connectivity index (χ0v) is 17.3. The molecule has 1 aliphatic rings. The average molecular weight is 407 g/mol. The largest absolute Gasteiger partial charge is 0.462 e. The van der Waals surface area contributed by atoms with E-state index >= 15 is 0 Å². The number of nitrogens with one attached hydrogen (secondary N) is 2. The van der Waals surface area contributed by atoms with Crippen molar-refractivity contribution in [3.63, 3.8) is 0 Å². The molecule has 2 rings (SSSR count). The first kappa shape index (κ1) is 22.1. The number of nitrogens with zero attached hydrogens (tertiary/aromatic N) is 1. The third-order valence-electron chi connectivity index (χ3n) is 4.57. The Labute approximate surface area is 167 Å². The minimum absolute atomic E-state index is 0.127. The number of hydrogen-bond acceptors (Lipinski definition) is 7. The number of carbonyl (C=O) groups is 5. The smallest absolute Gasteiger partial charge is 0.340 e. The van der Waals surface area contributed by atoms with Crippen molar-refractivity contribution in [2.75, 3.05) is 13.2 Å². The second-order valence-electron chi connectivity index (χ2n) is 7.29. The number of urea groups is 1. The number of aromatic amines is 1. The first-order valence-corrected chi connectivity index (χ1v) is 9.14. The van der Waals surface area contributed by atoms with E-state index in [9.17, 15) is 24.0 Å². The zero-order chi connectivity index (χ0) is 22.1. The van der Waals surface area contributed by atoms with E-state index in [-0.39, 0.29) is 17.9 Å². The maximum absolute atomic E-state index is 12.7. The number of ketones is 1. The SMILES string of the molecule is CCOC(=O)c1c(C)[nH]c(C(=O)[C@@H](C)OC(=O)CN2C(=O)NC(C)(C)C2=O)c1C. The van der Waals surface area contributed by atoms with Crippen LogP contribution in [0.25, 0.3) is 0 Å². The first-order valence-electron chi connectivity index (χ1n) is 9.14. The molecule has 1 aliphatic heterocycles. The molecule has 0 radical (unpaired) electrons.